The molecule has 158 valence electrons. The SMILES string of the molecule is CCCOC1CCC(C(=O)NCc2[nH]nc3ncccc23)CC1NC1CCCC1. The molecule has 2 aromatic heterocycles. The highest BCUT2D eigenvalue weighted by Gasteiger charge is 2.35. The van der Waals surface area contributed by atoms with Crippen LogP contribution in [0.1, 0.15) is 64.0 Å². The number of amides is 1. The minimum absolute atomic E-state index is 0.0303. The van der Waals surface area contributed by atoms with Gasteiger partial charge in [0.05, 0.1) is 18.3 Å². The number of carbonyl (C=O) groups is 1. The number of nitrogens with one attached hydrogen (secondary N) is 3. The molecule has 2 aromatic rings. The van der Waals surface area contributed by atoms with E-state index < -0.39 is 0 Å². The zero-order valence-corrected chi connectivity index (χ0v) is 17.3. The minimum atomic E-state index is 0.0303. The molecule has 3 atom stereocenters. The molecular formula is C22H33N5O2. The monoisotopic (exact) mass is 399 g/mol. The Kier molecular flexibility index (Phi) is 6.77. The van der Waals surface area contributed by atoms with E-state index in [0.29, 0.717) is 18.2 Å². The van der Waals surface area contributed by atoms with Gasteiger partial charge in [-0.2, -0.15) is 5.10 Å². The number of fused-ring (bicyclic) bond motifs is 1. The molecule has 3 N–H and O–H groups in total. The lowest BCUT2D eigenvalue weighted by atomic mass is 9.82. The lowest BCUT2D eigenvalue weighted by Gasteiger charge is -2.37. The van der Waals surface area contributed by atoms with Crippen molar-refractivity contribution in [3.8, 4) is 0 Å². The maximum atomic E-state index is 12.9. The summed E-state index contributed by atoms with van der Waals surface area (Å²) >= 11 is 0. The Bertz CT molecular complexity index is 801. The molecule has 0 aliphatic heterocycles. The van der Waals surface area contributed by atoms with Gasteiger partial charge in [-0.15, -0.1) is 0 Å². The van der Waals surface area contributed by atoms with Gasteiger partial charge in [0.2, 0.25) is 5.91 Å². The molecular weight excluding hydrogens is 366 g/mol. The van der Waals surface area contributed by atoms with E-state index in [0.717, 1.165) is 43.4 Å². The fraction of sp³-hybridized carbons (Fsp3) is 0.682. The highest BCUT2D eigenvalue weighted by molar-refractivity contribution is 5.81. The van der Waals surface area contributed by atoms with E-state index in [9.17, 15) is 4.79 Å². The second-order valence-corrected chi connectivity index (χ2v) is 8.47. The molecule has 29 heavy (non-hydrogen) atoms. The van der Waals surface area contributed by atoms with E-state index in [2.05, 4.69) is 32.7 Å². The fourth-order valence-corrected chi connectivity index (χ4v) is 4.78. The molecule has 7 heteroatoms. The van der Waals surface area contributed by atoms with E-state index in [4.69, 9.17) is 4.74 Å². The van der Waals surface area contributed by atoms with Crippen LogP contribution in [0.4, 0.5) is 0 Å². The van der Waals surface area contributed by atoms with Gasteiger partial charge in [0.1, 0.15) is 0 Å². The summed E-state index contributed by atoms with van der Waals surface area (Å²) in [4.78, 5) is 17.1. The summed E-state index contributed by atoms with van der Waals surface area (Å²) in [6, 6.07) is 4.72. The van der Waals surface area contributed by atoms with Crippen LogP contribution in [0.3, 0.4) is 0 Å². The van der Waals surface area contributed by atoms with Crippen LogP contribution in [-0.2, 0) is 16.1 Å². The molecule has 7 nitrogen and oxygen atoms in total. The number of hydrogen-bond acceptors (Lipinski definition) is 5. The van der Waals surface area contributed by atoms with Crippen LogP contribution < -0.4 is 10.6 Å². The number of carbonyl (C=O) groups excluding carboxylic acids is 1. The molecule has 0 spiro atoms. The number of hydrogen-bond donors (Lipinski definition) is 3. The summed E-state index contributed by atoms with van der Waals surface area (Å²) in [7, 11) is 0. The molecule has 2 aliphatic rings. The van der Waals surface area contributed by atoms with Gasteiger partial charge in [-0.05, 0) is 50.7 Å². The van der Waals surface area contributed by atoms with Crippen molar-refractivity contribution in [1.29, 1.82) is 0 Å². The number of ether oxygens (including phenoxy) is 1. The molecule has 2 fully saturated rings. The van der Waals surface area contributed by atoms with Crippen LogP contribution >= 0.6 is 0 Å². The third-order valence-corrected chi connectivity index (χ3v) is 6.35. The van der Waals surface area contributed by atoms with Crippen LogP contribution in [0.2, 0.25) is 0 Å². The Labute approximate surface area is 172 Å². The largest absolute Gasteiger partial charge is 0.377 e. The quantitative estimate of drug-likeness (QED) is 0.634. The first kappa shape index (κ1) is 20.3. The molecule has 1 amide bonds. The third kappa shape index (κ3) is 4.95. The first-order valence-electron chi connectivity index (χ1n) is 11.2. The van der Waals surface area contributed by atoms with E-state index >= 15 is 0 Å². The lowest BCUT2D eigenvalue weighted by molar-refractivity contribution is -0.128. The molecule has 3 unspecified atom stereocenters. The van der Waals surface area contributed by atoms with Gasteiger partial charge in [0.25, 0.3) is 0 Å². The molecule has 0 bridgehead atoms. The lowest BCUT2D eigenvalue weighted by Crippen LogP contribution is -2.51. The highest BCUT2D eigenvalue weighted by Crippen LogP contribution is 2.29. The van der Waals surface area contributed by atoms with Crippen LogP contribution in [0, 0.1) is 5.92 Å². The molecule has 0 saturated heterocycles. The fourth-order valence-electron chi connectivity index (χ4n) is 4.78. The summed E-state index contributed by atoms with van der Waals surface area (Å²) in [5, 5.41) is 15.1. The summed E-state index contributed by atoms with van der Waals surface area (Å²) < 4.78 is 6.14. The minimum Gasteiger partial charge on any atom is -0.377 e. The summed E-state index contributed by atoms with van der Waals surface area (Å²) in [6.45, 7) is 3.40. The number of nitrogens with zero attached hydrogens (tertiary/aromatic N) is 2. The van der Waals surface area contributed by atoms with Crippen molar-refractivity contribution in [2.24, 2.45) is 5.92 Å². The first-order valence-corrected chi connectivity index (χ1v) is 11.2. The predicted octanol–water partition coefficient (Wildman–Crippen LogP) is 3.07. The first-order chi connectivity index (χ1) is 14.2. The zero-order valence-electron chi connectivity index (χ0n) is 17.3. The predicted molar refractivity (Wildman–Crippen MR) is 112 cm³/mol. The van der Waals surface area contributed by atoms with Gasteiger partial charge < -0.3 is 15.4 Å². The highest BCUT2D eigenvalue weighted by atomic mass is 16.5. The average molecular weight is 400 g/mol. The Morgan fingerprint density at radius 2 is 2.14 bits per heavy atom. The average Bonchev–Trinajstić information content (AvgIpc) is 3.41. The molecule has 2 aliphatic carbocycles. The molecule has 4 rings (SSSR count). The van der Waals surface area contributed by atoms with E-state index in [-0.39, 0.29) is 24.0 Å². The zero-order chi connectivity index (χ0) is 20.1. The van der Waals surface area contributed by atoms with Gasteiger partial charge in [-0.3, -0.25) is 9.89 Å². The number of pyridine rings is 1. The summed E-state index contributed by atoms with van der Waals surface area (Å²) in [6.07, 6.45) is 10.8. The van der Waals surface area contributed by atoms with Crippen molar-refractivity contribution in [1.82, 2.24) is 25.8 Å². The van der Waals surface area contributed by atoms with Gasteiger partial charge in [-0.25, -0.2) is 4.98 Å². The van der Waals surface area contributed by atoms with Gasteiger partial charge >= 0.3 is 0 Å². The van der Waals surface area contributed by atoms with E-state index in [1.54, 1.807) is 6.20 Å². The molecule has 2 saturated carbocycles. The Balaban J connectivity index is 1.35. The second kappa shape index (κ2) is 9.67. The van der Waals surface area contributed by atoms with Crippen LogP contribution in [0.15, 0.2) is 18.3 Å². The maximum absolute atomic E-state index is 12.9. The number of rotatable bonds is 8. The van der Waals surface area contributed by atoms with Gasteiger partial charge in [-0.1, -0.05) is 19.8 Å². The van der Waals surface area contributed by atoms with Gasteiger partial charge in [0.15, 0.2) is 5.65 Å². The van der Waals surface area contributed by atoms with Crippen molar-refractivity contribution in [2.45, 2.75) is 83.0 Å². The third-order valence-electron chi connectivity index (χ3n) is 6.35. The summed E-state index contributed by atoms with van der Waals surface area (Å²) in [5.41, 5.74) is 1.59. The molecule has 0 aromatic carbocycles. The summed E-state index contributed by atoms with van der Waals surface area (Å²) in [5.74, 6) is 0.159. The van der Waals surface area contributed by atoms with E-state index in [1.807, 2.05) is 12.1 Å². The van der Waals surface area contributed by atoms with Crippen molar-refractivity contribution < 1.29 is 9.53 Å². The van der Waals surface area contributed by atoms with Crippen molar-refractivity contribution >= 4 is 16.9 Å². The Morgan fingerprint density at radius 3 is 2.97 bits per heavy atom. The van der Waals surface area contributed by atoms with Crippen LogP contribution in [-0.4, -0.2) is 45.9 Å². The van der Waals surface area contributed by atoms with Crippen LogP contribution in [0.25, 0.3) is 11.0 Å². The maximum Gasteiger partial charge on any atom is 0.223 e. The Morgan fingerprint density at radius 1 is 1.28 bits per heavy atom. The number of aromatic amines is 1. The van der Waals surface area contributed by atoms with Crippen LogP contribution in [0.5, 0.6) is 0 Å². The standard InChI is InChI=1S/C22H33N5O2/c1-2-12-29-20-10-9-15(13-18(20)25-16-6-3-4-7-16)22(28)24-14-19-17-8-5-11-23-21(17)27-26-19/h5,8,11,15-16,18,20,25H,2-4,6-7,9-10,12-14H2,1H3,(H,24,28)(H,23,26,27). The van der Waals surface area contributed by atoms with Crippen molar-refractivity contribution in [3.05, 3.63) is 24.0 Å². The van der Waals surface area contributed by atoms with E-state index in [1.165, 1.54) is 25.7 Å². The smallest absolute Gasteiger partial charge is 0.223 e. The normalized spacial score (nSPS) is 25.5. The second-order valence-electron chi connectivity index (χ2n) is 8.47. The molecule has 2 heterocycles. The topological polar surface area (TPSA) is 91.9 Å². The van der Waals surface area contributed by atoms with Crippen molar-refractivity contribution in [2.75, 3.05) is 6.61 Å². The Hall–Kier alpha value is -1.99. The number of H-pyrrole nitrogens is 1. The van der Waals surface area contributed by atoms with Gasteiger partial charge in [0, 0.05) is 36.2 Å². The van der Waals surface area contributed by atoms with Crippen molar-refractivity contribution in [3.63, 3.8) is 0 Å². The molecule has 0 radical (unpaired) electrons. The number of aromatic nitrogens is 3.